The smallest absolute Gasteiger partial charge is 0.374 e. The van der Waals surface area contributed by atoms with Crippen molar-refractivity contribution in [3.8, 4) is 11.3 Å². The van der Waals surface area contributed by atoms with Crippen LogP contribution in [0.3, 0.4) is 0 Å². The van der Waals surface area contributed by atoms with E-state index in [4.69, 9.17) is 5.11 Å². The van der Waals surface area contributed by atoms with E-state index in [1.54, 1.807) is 4.40 Å². The molecule has 2 aromatic heterocycles. The van der Waals surface area contributed by atoms with Gasteiger partial charge in [0.1, 0.15) is 0 Å². The molecule has 0 aliphatic rings. The van der Waals surface area contributed by atoms with Crippen molar-refractivity contribution < 1.29 is 9.90 Å². The first-order valence-corrected chi connectivity index (χ1v) is 6.18. The predicted octanol–water partition coefficient (Wildman–Crippen LogP) is 2.46. The molecule has 2 heterocycles. The molecule has 0 fully saturated rings. The summed E-state index contributed by atoms with van der Waals surface area (Å²) in [5, 5.41) is 18.5. The monoisotopic (exact) mass is 259 g/mol. The highest BCUT2D eigenvalue weighted by molar-refractivity contribution is 7.15. The van der Waals surface area contributed by atoms with Crippen LogP contribution in [0, 0.1) is 6.92 Å². The van der Waals surface area contributed by atoms with E-state index in [0.29, 0.717) is 4.96 Å². The number of nitrogens with zero attached hydrogens (tertiary/aromatic N) is 3. The van der Waals surface area contributed by atoms with Gasteiger partial charge in [-0.2, -0.15) is 0 Å². The van der Waals surface area contributed by atoms with Crippen molar-refractivity contribution in [2.45, 2.75) is 6.92 Å². The van der Waals surface area contributed by atoms with E-state index in [2.05, 4.69) is 10.2 Å². The lowest BCUT2D eigenvalue weighted by Gasteiger charge is -2.01. The number of aromatic carboxylic acids is 1. The number of benzene rings is 1. The molecule has 0 aliphatic carbocycles. The fourth-order valence-corrected chi connectivity index (χ4v) is 2.62. The van der Waals surface area contributed by atoms with Gasteiger partial charge < -0.3 is 5.11 Å². The van der Waals surface area contributed by atoms with Gasteiger partial charge in [0, 0.05) is 5.38 Å². The Labute approximate surface area is 106 Å². The summed E-state index contributed by atoms with van der Waals surface area (Å²) in [5.41, 5.74) is 2.92. The van der Waals surface area contributed by atoms with Crippen molar-refractivity contribution in [3.05, 3.63) is 41.0 Å². The molecular formula is C12H9N3O2S. The molecule has 0 radical (unpaired) electrons. The van der Waals surface area contributed by atoms with E-state index in [1.165, 1.54) is 11.3 Å². The molecule has 1 aromatic carbocycles. The van der Waals surface area contributed by atoms with Gasteiger partial charge >= 0.3 is 5.97 Å². The van der Waals surface area contributed by atoms with Gasteiger partial charge in [-0.3, -0.25) is 4.40 Å². The molecule has 0 saturated carbocycles. The van der Waals surface area contributed by atoms with Crippen LogP contribution in [0.2, 0.25) is 0 Å². The molecule has 5 nitrogen and oxygen atoms in total. The van der Waals surface area contributed by atoms with Crippen molar-refractivity contribution in [3.63, 3.8) is 0 Å². The van der Waals surface area contributed by atoms with Crippen molar-refractivity contribution >= 4 is 22.3 Å². The quantitative estimate of drug-likeness (QED) is 0.767. The lowest BCUT2D eigenvalue weighted by atomic mass is 10.1. The maximum Gasteiger partial charge on any atom is 0.374 e. The first-order valence-electron chi connectivity index (χ1n) is 5.30. The van der Waals surface area contributed by atoms with Crippen LogP contribution < -0.4 is 0 Å². The molecule has 6 heteroatoms. The Balaban J connectivity index is 2.25. The zero-order chi connectivity index (χ0) is 12.7. The van der Waals surface area contributed by atoms with Gasteiger partial charge in [0.05, 0.1) is 5.69 Å². The predicted molar refractivity (Wildman–Crippen MR) is 68.0 cm³/mol. The van der Waals surface area contributed by atoms with Crippen LogP contribution in [-0.2, 0) is 0 Å². The average molecular weight is 259 g/mol. The van der Waals surface area contributed by atoms with Crippen molar-refractivity contribution in [2.24, 2.45) is 0 Å². The summed E-state index contributed by atoms with van der Waals surface area (Å²) < 4.78 is 1.57. The van der Waals surface area contributed by atoms with Crippen LogP contribution in [0.4, 0.5) is 0 Å². The Kier molecular flexibility index (Phi) is 2.38. The van der Waals surface area contributed by atoms with E-state index in [-0.39, 0.29) is 5.82 Å². The van der Waals surface area contributed by atoms with Crippen LogP contribution in [-0.4, -0.2) is 25.7 Å². The number of aryl methyl sites for hydroxylation is 1. The Bertz CT molecular complexity index is 727. The zero-order valence-electron chi connectivity index (χ0n) is 9.49. The molecule has 0 aliphatic heterocycles. The Hall–Kier alpha value is -2.21. The summed E-state index contributed by atoms with van der Waals surface area (Å²) >= 11 is 1.38. The van der Waals surface area contributed by atoms with E-state index in [0.717, 1.165) is 16.8 Å². The third kappa shape index (κ3) is 1.58. The average Bonchev–Trinajstić information content (AvgIpc) is 2.90. The van der Waals surface area contributed by atoms with E-state index in [9.17, 15) is 4.79 Å². The molecule has 1 N–H and O–H groups in total. The number of rotatable bonds is 2. The van der Waals surface area contributed by atoms with E-state index >= 15 is 0 Å². The largest absolute Gasteiger partial charge is 0.475 e. The van der Waals surface area contributed by atoms with Crippen LogP contribution in [0.1, 0.15) is 16.2 Å². The lowest BCUT2D eigenvalue weighted by Crippen LogP contribution is -2.04. The number of carboxylic acids is 1. The van der Waals surface area contributed by atoms with E-state index in [1.807, 2.05) is 36.6 Å². The van der Waals surface area contributed by atoms with Crippen LogP contribution >= 0.6 is 11.3 Å². The molecule has 0 atom stereocenters. The number of carbonyl (C=O) groups is 1. The number of hydrogen-bond donors (Lipinski definition) is 1. The molecule has 90 valence electrons. The van der Waals surface area contributed by atoms with Crippen LogP contribution in [0.25, 0.3) is 16.2 Å². The van der Waals surface area contributed by atoms with Gasteiger partial charge in [-0.05, 0) is 12.5 Å². The van der Waals surface area contributed by atoms with Gasteiger partial charge in [-0.25, -0.2) is 4.79 Å². The summed E-state index contributed by atoms with van der Waals surface area (Å²) in [6.45, 7) is 2.01. The first kappa shape index (κ1) is 10.9. The lowest BCUT2D eigenvalue weighted by molar-refractivity contribution is 0.0682. The third-order valence-corrected chi connectivity index (χ3v) is 3.50. The van der Waals surface area contributed by atoms with Gasteiger partial charge in [-0.1, -0.05) is 29.8 Å². The number of hydrogen-bond acceptors (Lipinski definition) is 4. The van der Waals surface area contributed by atoms with Crippen molar-refractivity contribution in [1.29, 1.82) is 0 Å². The van der Waals surface area contributed by atoms with Crippen LogP contribution in [0.15, 0.2) is 29.6 Å². The maximum atomic E-state index is 11.1. The maximum absolute atomic E-state index is 11.1. The molecule has 0 saturated heterocycles. The van der Waals surface area contributed by atoms with Crippen molar-refractivity contribution in [2.75, 3.05) is 0 Å². The third-order valence-electron chi connectivity index (χ3n) is 2.69. The molecule has 0 spiro atoms. The summed E-state index contributed by atoms with van der Waals surface area (Å²) in [4.78, 5) is 11.7. The molecule has 0 amide bonds. The molecule has 3 aromatic rings. The second-order valence-corrected chi connectivity index (χ2v) is 4.77. The highest BCUT2D eigenvalue weighted by Crippen LogP contribution is 2.26. The Morgan fingerprint density at radius 1 is 1.28 bits per heavy atom. The zero-order valence-corrected chi connectivity index (χ0v) is 10.3. The second kappa shape index (κ2) is 3.92. The minimum atomic E-state index is -1.07. The second-order valence-electron chi connectivity index (χ2n) is 3.93. The summed E-state index contributed by atoms with van der Waals surface area (Å²) in [7, 11) is 0. The first-order chi connectivity index (χ1) is 8.66. The van der Waals surface area contributed by atoms with E-state index < -0.39 is 5.97 Å². The Morgan fingerprint density at radius 2 is 2.00 bits per heavy atom. The number of thiazole rings is 1. The normalized spacial score (nSPS) is 10.9. The standard InChI is InChI=1S/C12H9N3O2S/c1-7-2-4-8(5-3-7)9-6-18-12-14-13-10(11(16)17)15(9)12/h2-6H,1H3,(H,16,17). The SMILES string of the molecule is Cc1ccc(-c2csc3nnc(C(=O)O)n23)cc1. The molecular weight excluding hydrogens is 250 g/mol. The van der Waals surface area contributed by atoms with Crippen molar-refractivity contribution in [1.82, 2.24) is 14.6 Å². The number of aromatic nitrogens is 3. The molecule has 0 unspecified atom stereocenters. The summed E-state index contributed by atoms with van der Waals surface area (Å²) in [5.74, 6) is -1.13. The van der Waals surface area contributed by atoms with Crippen LogP contribution in [0.5, 0.6) is 0 Å². The minimum absolute atomic E-state index is 0.0539. The van der Waals surface area contributed by atoms with Gasteiger partial charge in [-0.15, -0.1) is 21.5 Å². The summed E-state index contributed by atoms with van der Waals surface area (Å²) in [6, 6.07) is 7.90. The molecule has 3 rings (SSSR count). The Morgan fingerprint density at radius 3 is 2.67 bits per heavy atom. The number of fused-ring (bicyclic) bond motifs is 1. The minimum Gasteiger partial charge on any atom is -0.475 e. The van der Waals surface area contributed by atoms with Gasteiger partial charge in [0.2, 0.25) is 10.8 Å². The highest BCUT2D eigenvalue weighted by Gasteiger charge is 2.17. The molecule has 0 bridgehead atoms. The topological polar surface area (TPSA) is 67.5 Å². The molecule has 18 heavy (non-hydrogen) atoms. The fraction of sp³-hybridized carbons (Fsp3) is 0.0833. The van der Waals surface area contributed by atoms with Gasteiger partial charge in [0.25, 0.3) is 0 Å². The van der Waals surface area contributed by atoms with Gasteiger partial charge in [0.15, 0.2) is 0 Å². The highest BCUT2D eigenvalue weighted by atomic mass is 32.1. The number of carboxylic acid groups (broad SMARTS) is 1. The fourth-order valence-electron chi connectivity index (χ4n) is 1.78. The summed E-state index contributed by atoms with van der Waals surface area (Å²) in [6.07, 6.45) is 0.